The molecule has 0 radical (unpaired) electrons. The Balaban J connectivity index is 1.34. The number of aryl methyl sites for hydroxylation is 1. The van der Waals surface area contributed by atoms with Gasteiger partial charge in [0, 0.05) is 45.0 Å². The normalized spacial score (nSPS) is 20.4. The van der Waals surface area contributed by atoms with Crippen molar-refractivity contribution in [1.29, 1.82) is 0 Å². The molecule has 0 N–H and O–H groups in total. The maximum absolute atomic E-state index is 13.1. The Morgan fingerprint density at radius 3 is 2.39 bits per heavy atom. The fraction of sp³-hybridized carbons (Fsp3) is 0.476. The third-order valence-corrected chi connectivity index (χ3v) is 5.66. The van der Waals surface area contributed by atoms with Crippen molar-refractivity contribution < 1.29 is 9.18 Å². The summed E-state index contributed by atoms with van der Waals surface area (Å²) in [4.78, 5) is 19.4. The van der Waals surface area contributed by atoms with Crippen LogP contribution in [-0.2, 0) is 4.79 Å². The molecule has 2 aliphatic heterocycles. The molecule has 1 unspecified atom stereocenters. The van der Waals surface area contributed by atoms with Crippen LogP contribution in [0.1, 0.15) is 18.5 Å². The molecule has 1 aromatic heterocycles. The minimum Gasteiger partial charge on any atom is -0.368 e. The first-order chi connectivity index (χ1) is 13.6. The van der Waals surface area contributed by atoms with Gasteiger partial charge in [-0.25, -0.2) is 4.39 Å². The van der Waals surface area contributed by atoms with Gasteiger partial charge in [-0.1, -0.05) is 0 Å². The second-order valence-electron chi connectivity index (χ2n) is 7.61. The van der Waals surface area contributed by atoms with Gasteiger partial charge in [-0.2, -0.15) is 5.10 Å². The van der Waals surface area contributed by atoms with Crippen LogP contribution < -0.4 is 9.80 Å². The minimum atomic E-state index is -0.224. The lowest BCUT2D eigenvalue weighted by atomic mass is 9.96. The number of piperazine rings is 1. The molecular formula is C21H26FN5O. The average Bonchev–Trinajstić information content (AvgIpc) is 2.74. The lowest BCUT2D eigenvalue weighted by Crippen LogP contribution is -2.52. The summed E-state index contributed by atoms with van der Waals surface area (Å²) in [6, 6.07) is 10.5. The number of hydrogen-bond donors (Lipinski definition) is 0. The zero-order valence-corrected chi connectivity index (χ0v) is 16.2. The maximum atomic E-state index is 13.1. The first-order valence-electron chi connectivity index (χ1n) is 9.95. The standard InChI is InChI=1S/C21H26FN5O/c1-16-4-9-20(24-23-16)27-10-2-3-17(15-27)21(28)26-13-11-25(12-14-26)19-7-5-18(22)6-8-19/h4-9,17H,2-3,10-15H2,1H3. The molecule has 0 aliphatic carbocycles. The number of carbonyl (C=O) groups excluding carboxylic acids is 1. The molecule has 2 saturated heterocycles. The van der Waals surface area contributed by atoms with Gasteiger partial charge in [-0.05, 0) is 56.2 Å². The summed E-state index contributed by atoms with van der Waals surface area (Å²) in [5, 5.41) is 8.42. The first kappa shape index (κ1) is 18.7. The molecule has 1 amide bonds. The number of piperidine rings is 1. The van der Waals surface area contributed by atoms with Crippen LogP contribution in [-0.4, -0.2) is 60.3 Å². The number of nitrogens with zero attached hydrogens (tertiary/aromatic N) is 5. The van der Waals surface area contributed by atoms with E-state index in [2.05, 4.69) is 20.0 Å². The zero-order chi connectivity index (χ0) is 19.5. The first-order valence-corrected chi connectivity index (χ1v) is 9.95. The van der Waals surface area contributed by atoms with Crippen molar-refractivity contribution in [3.8, 4) is 0 Å². The van der Waals surface area contributed by atoms with Gasteiger partial charge in [0.15, 0.2) is 5.82 Å². The van der Waals surface area contributed by atoms with Crippen molar-refractivity contribution in [1.82, 2.24) is 15.1 Å². The van der Waals surface area contributed by atoms with Gasteiger partial charge in [0.25, 0.3) is 0 Å². The van der Waals surface area contributed by atoms with E-state index in [1.54, 1.807) is 12.1 Å². The molecule has 0 saturated carbocycles. The number of aromatic nitrogens is 2. The molecule has 2 fully saturated rings. The Hall–Kier alpha value is -2.70. The SMILES string of the molecule is Cc1ccc(N2CCCC(C(=O)N3CCN(c4ccc(F)cc4)CC3)C2)nn1. The third-order valence-electron chi connectivity index (χ3n) is 5.66. The van der Waals surface area contributed by atoms with Gasteiger partial charge >= 0.3 is 0 Å². The molecule has 3 heterocycles. The van der Waals surface area contributed by atoms with Gasteiger partial charge in [0.1, 0.15) is 5.82 Å². The summed E-state index contributed by atoms with van der Waals surface area (Å²) in [7, 11) is 0. The predicted molar refractivity (Wildman–Crippen MR) is 107 cm³/mol. The van der Waals surface area contributed by atoms with Gasteiger partial charge in [-0.15, -0.1) is 5.10 Å². The lowest BCUT2D eigenvalue weighted by Gasteiger charge is -2.40. The van der Waals surface area contributed by atoms with Gasteiger partial charge in [0.2, 0.25) is 5.91 Å². The highest BCUT2D eigenvalue weighted by Crippen LogP contribution is 2.24. The number of amides is 1. The molecule has 6 nitrogen and oxygen atoms in total. The van der Waals surface area contributed by atoms with Crippen molar-refractivity contribution in [2.24, 2.45) is 5.92 Å². The van der Waals surface area contributed by atoms with E-state index in [4.69, 9.17) is 0 Å². The summed E-state index contributed by atoms with van der Waals surface area (Å²) in [5.74, 6) is 0.875. The molecule has 28 heavy (non-hydrogen) atoms. The van der Waals surface area contributed by atoms with E-state index in [0.29, 0.717) is 19.6 Å². The molecule has 4 rings (SSSR count). The molecule has 148 valence electrons. The quantitative estimate of drug-likeness (QED) is 0.815. The Bertz CT molecular complexity index is 803. The number of hydrogen-bond acceptors (Lipinski definition) is 5. The van der Waals surface area contributed by atoms with Crippen molar-refractivity contribution in [2.45, 2.75) is 19.8 Å². The van der Waals surface area contributed by atoms with Gasteiger partial charge in [0.05, 0.1) is 11.6 Å². The van der Waals surface area contributed by atoms with E-state index < -0.39 is 0 Å². The molecule has 1 aromatic carbocycles. The smallest absolute Gasteiger partial charge is 0.227 e. The fourth-order valence-electron chi connectivity index (χ4n) is 4.04. The van der Waals surface area contributed by atoms with E-state index in [0.717, 1.165) is 49.7 Å². The summed E-state index contributed by atoms with van der Waals surface area (Å²) in [6.07, 6.45) is 1.91. The van der Waals surface area contributed by atoms with Crippen LogP contribution >= 0.6 is 0 Å². The third kappa shape index (κ3) is 4.08. The predicted octanol–water partition coefficient (Wildman–Crippen LogP) is 2.49. The second kappa shape index (κ2) is 8.12. The zero-order valence-electron chi connectivity index (χ0n) is 16.2. The van der Waals surface area contributed by atoms with Gasteiger partial charge in [-0.3, -0.25) is 4.79 Å². The Morgan fingerprint density at radius 2 is 1.71 bits per heavy atom. The Kier molecular flexibility index (Phi) is 5.41. The largest absolute Gasteiger partial charge is 0.368 e. The summed E-state index contributed by atoms with van der Waals surface area (Å²) in [5.41, 5.74) is 1.91. The second-order valence-corrected chi connectivity index (χ2v) is 7.61. The monoisotopic (exact) mass is 383 g/mol. The van der Waals surface area contributed by atoms with Crippen molar-refractivity contribution >= 4 is 17.4 Å². The Labute approximate surface area is 165 Å². The Morgan fingerprint density at radius 1 is 0.964 bits per heavy atom. The van der Waals surface area contributed by atoms with E-state index >= 15 is 0 Å². The van der Waals surface area contributed by atoms with Crippen LogP contribution in [0.3, 0.4) is 0 Å². The van der Waals surface area contributed by atoms with E-state index in [1.807, 2.05) is 24.0 Å². The summed E-state index contributed by atoms with van der Waals surface area (Å²) >= 11 is 0. The van der Waals surface area contributed by atoms with E-state index in [1.165, 1.54) is 12.1 Å². The molecule has 0 bridgehead atoms. The van der Waals surface area contributed by atoms with E-state index in [9.17, 15) is 9.18 Å². The maximum Gasteiger partial charge on any atom is 0.227 e. The van der Waals surface area contributed by atoms with Crippen molar-refractivity contribution in [2.75, 3.05) is 49.1 Å². The highest BCUT2D eigenvalue weighted by atomic mass is 19.1. The number of benzene rings is 1. The van der Waals surface area contributed by atoms with Crippen molar-refractivity contribution in [3.63, 3.8) is 0 Å². The van der Waals surface area contributed by atoms with Crippen LogP contribution in [0.4, 0.5) is 15.9 Å². The number of halogens is 1. The van der Waals surface area contributed by atoms with Crippen LogP contribution in [0.25, 0.3) is 0 Å². The molecule has 7 heteroatoms. The summed E-state index contributed by atoms with van der Waals surface area (Å²) in [6.45, 7) is 6.50. The topological polar surface area (TPSA) is 52.6 Å². The molecule has 2 aliphatic rings. The highest BCUT2D eigenvalue weighted by Gasteiger charge is 2.31. The van der Waals surface area contributed by atoms with Crippen LogP contribution in [0.15, 0.2) is 36.4 Å². The summed E-state index contributed by atoms with van der Waals surface area (Å²) < 4.78 is 13.1. The highest BCUT2D eigenvalue weighted by molar-refractivity contribution is 5.80. The average molecular weight is 383 g/mol. The molecule has 2 aromatic rings. The van der Waals surface area contributed by atoms with Gasteiger partial charge < -0.3 is 14.7 Å². The van der Waals surface area contributed by atoms with Crippen LogP contribution in [0.2, 0.25) is 0 Å². The minimum absolute atomic E-state index is 0.00854. The van der Waals surface area contributed by atoms with Crippen LogP contribution in [0, 0.1) is 18.7 Å². The van der Waals surface area contributed by atoms with E-state index in [-0.39, 0.29) is 17.6 Å². The number of carbonyl (C=O) groups is 1. The number of rotatable bonds is 3. The van der Waals surface area contributed by atoms with Crippen molar-refractivity contribution in [3.05, 3.63) is 47.9 Å². The van der Waals surface area contributed by atoms with Crippen LogP contribution in [0.5, 0.6) is 0 Å². The molecular weight excluding hydrogens is 357 g/mol. The molecule has 0 spiro atoms. The number of anilines is 2. The fourth-order valence-corrected chi connectivity index (χ4v) is 4.04. The molecule has 1 atom stereocenters. The lowest BCUT2D eigenvalue weighted by molar-refractivity contribution is -0.136.